The molecule has 1 aromatic carbocycles. The number of rotatable bonds is 3. The van der Waals surface area contributed by atoms with E-state index in [1.165, 1.54) is 0 Å². The highest BCUT2D eigenvalue weighted by molar-refractivity contribution is 9.10. The molecule has 2 N–H and O–H groups in total. The summed E-state index contributed by atoms with van der Waals surface area (Å²) < 4.78 is 0.729. The standard InChI is InChI=1S/C11H10BrNOS/c12-10-3-1-2-8(11(10)14)6-13-9-4-5-15-7-9/h1-5,7,13-14H,6H2. The Labute approximate surface area is 101 Å². The smallest absolute Gasteiger partial charge is 0.134 e. The van der Waals surface area contributed by atoms with Crippen molar-refractivity contribution < 1.29 is 5.11 Å². The monoisotopic (exact) mass is 283 g/mol. The molecular formula is C11H10BrNOS. The summed E-state index contributed by atoms with van der Waals surface area (Å²) in [5, 5.41) is 17.0. The maximum absolute atomic E-state index is 9.74. The van der Waals surface area contributed by atoms with Gasteiger partial charge in [-0.05, 0) is 33.4 Å². The Balaban J connectivity index is 2.08. The second kappa shape index (κ2) is 4.68. The molecule has 1 heterocycles. The van der Waals surface area contributed by atoms with Gasteiger partial charge in [-0.15, -0.1) is 0 Å². The predicted octanol–water partition coefficient (Wildman–Crippen LogP) is 3.83. The van der Waals surface area contributed by atoms with Crippen LogP contribution in [-0.4, -0.2) is 5.11 Å². The van der Waals surface area contributed by atoms with E-state index in [-0.39, 0.29) is 0 Å². The van der Waals surface area contributed by atoms with E-state index in [9.17, 15) is 5.11 Å². The molecule has 0 saturated heterocycles. The molecule has 2 rings (SSSR count). The summed E-state index contributed by atoms with van der Waals surface area (Å²) in [5.74, 6) is 0.306. The molecule has 2 aromatic rings. The molecule has 0 bridgehead atoms. The first kappa shape index (κ1) is 10.5. The summed E-state index contributed by atoms with van der Waals surface area (Å²) in [4.78, 5) is 0. The minimum absolute atomic E-state index is 0.306. The number of aromatic hydroxyl groups is 1. The van der Waals surface area contributed by atoms with Gasteiger partial charge in [-0.3, -0.25) is 0 Å². The van der Waals surface area contributed by atoms with Crippen LogP contribution < -0.4 is 5.32 Å². The van der Waals surface area contributed by atoms with Crippen LogP contribution in [0.25, 0.3) is 0 Å². The van der Waals surface area contributed by atoms with E-state index in [4.69, 9.17) is 0 Å². The molecule has 78 valence electrons. The third-order valence-electron chi connectivity index (χ3n) is 2.07. The van der Waals surface area contributed by atoms with E-state index < -0.39 is 0 Å². The second-order valence-corrected chi connectivity index (χ2v) is 4.75. The number of hydrogen-bond acceptors (Lipinski definition) is 3. The van der Waals surface area contributed by atoms with Gasteiger partial charge in [0.1, 0.15) is 5.75 Å². The fourth-order valence-electron chi connectivity index (χ4n) is 1.26. The highest BCUT2D eigenvalue weighted by Gasteiger charge is 2.03. The van der Waals surface area contributed by atoms with E-state index in [1.54, 1.807) is 11.3 Å². The zero-order valence-electron chi connectivity index (χ0n) is 7.90. The molecule has 0 radical (unpaired) electrons. The van der Waals surface area contributed by atoms with E-state index in [0.29, 0.717) is 12.3 Å². The van der Waals surface area contributed by atoms with Crippen LogP contribution in [-0.2, 0) is 6.54 Å². The Morgan fingerprint density at radius 3 is 2.93 bits per heavy atom. The van der Waals surface area contributed by atoms with Crippen LogP contribution in [0, 0.1) is 0 Å². The van der Waals surface area contributed by atoms with Crippen LogP contribution >= 0.6 is 27.3 Å². The Morgan fingerprint density at radius 2 is 2.20 bits per heavy atom. The number of phenolic OH excluding ortho intramolecular Hbond substituents is 1. The topological polar surface area (TPSA) is 32.3 Å². The lowest BCUT2D eigenvalue weighted by atomic mass is 10.2. The molecule has 0 saturated carbocycles. The zero-order chi connectivity index (χ0) is 10.7. The first-order chi connectivity index (χ1) is 7.27. The summed E-state index contributed by atoms with van der Waals surface area (Å²) in [5.41, 5.74) is 1.97. The van der Waals surface area contributed by atoms with Crippen LogP contribution in [0.5, 0.6) is 5.75 Å². The van der Waals surface area contributed by atoms with Gasteiger partial charge in [0.25, 0.3) is 0 Å². The van der Waals surface area contributed by atoms with Crippen molar-refractivity contribution in [3.05, 3.63) is 45.1 Å². The number of nitrogens with one attached hydrogen (secondary N) is 1. The maximum atomic E-state index is 9.74. The van der Waals surface area contributed by atoms with E-state index in [1.807, 2.05) is 35.0 Å². The molecule has 0 aliphatic heterocycles. The molecule has 2 nitrogen and oxygen atoms in total. The van der Waals surface area contributed by atoms with Crippen LogP contribution in [0.1, 0.15) is 5.56 Å². The van der Waals surface area contributed by atoms with Gasteiger partial charge in [0.2, 0.25) is 0 Å². The number of thiophene rings is 1. The molecule has 0 atom stereocenters. The highest BCUT2D eigenvalue weighted by Crippen LogP contribution is 2.28. The van der Waals surface area contributed by atoms with Gasteiger partial charge in [0, 0.05) is 23.2 Å². The maximum Gasteiger partial charge on any atom is 0.134 e. The average Bonchev–Trinajstić information content (AvgIpc) is 2.73. The van der Waals surface area contributed by atoms with Crippen LogP contribution in [0.4, 0.5) is 5.69 Å². The fraction of sp³-hybridized carbons (Fsp3) is 0.0909. The Morgan fingerprint density at radius 1 is 1.33 bits per heavy atom. The molecule has 0 aliphatic carbocycles. The van der Waals surface area contributed by atoms with E-state index in [0.717, 1.165) is 15.7 Å². The van der Waals surface area contributed by atoms with Gasteiger partial charge < -0.3 is 10.4 Å². The molecule has 15 heavy (non-hydrogen) atoms. The molecule has 4 heteroatoms. The summed E-state index contributed by atoms with van der Waals surface area (Å²) in [6.07, 6.45) is 0. The molecule has 0 amide bonds. The normalized spacial score (nSPS) is 10.2. The Bertz CT molecular complexity index is 442. The van der Waals surface area contributed by atoms with Crippen molar-refractivity contribution in [2.45, 2.75) is 6.54 Å². The predicted molar refractivity (Wildman–Crippen MR) is 67.5 cm³/mol. The summed E-state index contributed by atoms with van der Waals surface area (Å²) in [6, 6.07) is 7.65. The number of anilines is 1. The van der Waals surface area contributed by atoms with Gasteiger partial charge in [-0.25, -0.2) is 0 Å². The minimum atomic E-state index is 0.306. The molecule has 0 unspecified atom stereocenters. The third kappa shape index (κ3) is 2.52. The lowest BCUT2D eigenvalue weighted by Gasteiger charge is -2.07. The van der Waals surface area contributed by atoms with Gasteiger partial charge in [0.15, 0.2) is 0 Å². The van der Waals surface area contributed by atoms with Crippen LogP contribution in [0.2, 0.25) is 0 Å². The SMILES string of the molecule is Oc1c(Br)cccc1CNc1ccsc1. The van der Waals surface area contributed by atoms with Crippen molar-refractivity contribution in [3.63, 3.8) is 0 Å². The number of benzene rings is 1. The lowest BCUT2D eigenvalue weighted by Crippen LogP contribution is -1.98. The fourth-order valence-corrected chi connectivity index (χ4v) is 2.28. The average molecular weight is 284 g/mol. The molecule has 0 spiro atoms. The Kier molecular flexibility index (Phi) is 3.28. The number of phenols is 1. The van der Waals surface area contributed by atoms with Crippen molar-refractivity contribution in [3.8, 4) is 5.75 Å². The number of halogens is 1. The first-order valence-electron chi connectivity index (χ1n) is 4.50. The summed E-state index contributed by atoms with van der Waals surface area (Å²) >= 11 is 4.94. The minimum Gasteiger partial charge on any atom is -0.506 e. The van der Waals surface area contributed by atoms with E-state index in [2.05, 4.69) is 21.2 Å². The third-order valence-corrected chi connectivity index (χ3v) is 3.40. The van der Waals surface area contributed by atoms with E-state index >= 15 is 0 Å². The Hall–Kier alpha value is -1.000. The summed E-state index contributed by atoms with van der Waals surface area (Å²) in [7, 11) is 0. The molecule has 0 aliphatic rings. The van der Waals surface area contributed by atoms with Crippen LogP contribution in [0.15, 0.2) is 39.5 Å². The van der Waals surface area contributed by atoms with Gasteiger partial charge in [-0.1, -0.05) is 12.1 Å². The first-order valence-corrected chi connectivity index (χ1v) is 6.23. The van der Waals surface area contributed by atoms with Crippen molar-refractivity contribution in [2.75, 3.05) is 5.32 Å². The van der Waals surface area contributed by atoms with Crippen molar-refractivity contribution in [1.82, 2.24) is 0 Å². The quantitative estimate of drug-likeness (QED) is 0.897. The van der Waals surface area contributed by atoms with Crippen molar-refractivity contribution >= 4 is 33.0 Å². The van der Waals surface area contributed by atoms with Crippen molar-refractivity contribution in [1.29, 1.82) is 0 Å². The highest BCUT2D eigenvalue weighted by atomic mass is 79.9. The molecule has 1 aromatic heterocycles. The molecule has 0 fully saturated rings. The number of para-hydroxylation sites is 1. The largest absolute Gasteiger partial charge is 0.506 e. The number of hydrogen-bond donors (Lipinski definition) is 2. The second-order valence-electron chi connectivity index (χ2n) is 3.11. The zero-order valence-corrected chi connectivity index (χ0v) is 10.3. The van der Waals surface area contributed by atoms with Crippen molar-refractivity contribution in [2.24, 2.45) is 0 Å². The van der Waals surface area contributed by atoms with Gasteiger partial charge >= 0.3 is 0 Å². The van der Waals surface area contributed by atoms with Crippen LogP contribution in [0.3, 0.4) is 0 Å². The van der Waals surface area contributed by atoms with Gasteiger partial charge in [0.05, 0.1) is 4.47 Å². The van der Waals surface area contributed by atoms with Gasteiger partial charge in [-0.2, -0.15) is 11.3 Å². The summed E-state index contributed by atoms with van der Waals surface area (Å²) in [6.45, 7) is 0.627. The molecular weight excluding hydrogens is 274 g/mol. The lowest BCUT2D eigenvalue weighted by molar-refractivity contribution is 0.465.